The minimum Gasteiger partial charge on any atom is -0.322 e. The van der Waals surface area contributed by atoms with Crippen LogP contribution in [0.1, 0.15) is 10.4 Å². The van der Waals surface area contributed by atoms with Crippen LogP contribution in [-0.2, 0) is 14.1 Å². The Morgan fingerprint density at radius 3 is 2.48 bits per heavy atom. The lowest BCUT2D eigenvalue weighted by Gasteiger charge is -2.08. The highest BCUT2D eigenvalue weighted by atomic mass is 16.2. The molecule has 7 heteroatoms. The maximum Gasteiger partial charge on any atom is 0.332 e. The molecule has 0 radical (unpaired) electrons. The monoisotopic (exact) mass is 310 g/mol. The summed E-state index contributed by atoms with van der Waals surface area (Å²) in [7, 11) is 2.92. The van der Waals surface area contributed by atoms with Crippen molar-refractivity contribution in [3.8, 4) is 0 Å². The summed E-state index contributed by atoms with van der Waals surface area (Å²) in [5, 5.41) is 2.94. The molecule has 2 heterocycles. The minimum absolute atomic E-state index is 0.218. The number of nitrogens with one attached hydrogen (secondary N) is 1. The van der Waals surface area contributed by atoms with Gasteiger partial charge >= 0.3 is 5.69 Å². The Hall–Kier alpha value is -3.22. The van der Waals surface area contributed by atoms with Crippen LogP contribution in [-0.4, -0.2) is 20.0 Å². The van der Waals surface area contributed by atoms with Crippen LogP contribution in [0.15, 0.2) is 52.2 Å². The molecule has 1 aromatic carbocycles. The summed E-state index contributed by atoms with van der Waals surface area (Å²) in [6.07, 6.45) is 1.35. The summed E-state index contributed by atoms with van der Waals surface area (Å²) >= 11 is 0. The van der Waals surface area contributed by atoms with Gasteiger partial charge in [-0.3, -0.25) is 18.7 Å². The maximum atomic E-state index is 12.3. The van der Waals surface area contributed by atoms with Crippen molar-refractivity contribution in [2.24, 2.45) is 14.1 Å². The van der Waals surface area contributed by atoms with E-state index in [0.29, 0.717) is 5.69 Å². The molecule has 0 spiro atoms. The van der Waals surface area contributed by atoms with Crippen LogP contribution in [0, 0.1) is 0 Å². The van der Waals surface area contributed by atoms with Gasteiger partial charge in [0.2, 0.25) is 0 Å². The van der Waals surface area contributed by atoms with E-state index in [-0.39, 0.29) is 22.5 Å². The van der Waals surface area contributed by atoms with E-state index in [0.717, 1.165) is 4.57 Å². The van der Waals surface area contributed by atoms with E-state index in [9.17, 15) is 14.4 Å². The van der Waals surface area contributed by atoms with E-state index in [1.165, 1.54) is 30.9 Å². The number of para-hydroxylation sites is 1. The standard InChI is InChI=1S/C16H14N4O3/c1-19-13-12(15(22)20(2)16(19)23)8-10(9-17-13)14(21)18-11-6-4-3-5-7-11/h3-9H,1-2H3,(H,18,21). The van der Waals surface area contributed by atoms with Crippen molar-refractivity contribution in [3.63, 3.8) is 0 Å². The predicted molar refractivity (Wildman–Crippen MR) is 86.6 cm³/mol. The molecule has 0 saturated carbocycles. The highest BCUT2D eigenvalue weighted by molar-refractivity contribution is 6.05. The van der Waals surface area contributed by atoms with Gasteiger partial charge < -0.3 is 5.32 Å². The highest BCUT2D eigenvalue weighted by Gasteiger charge is 2.13. The first kappa shape index (κ1) is 14.7. The maximum absolute atomic E-state index is 12.3. The van der Waals surface area contributed by atoms with Gasteiger partial charge in [-0.2, -0.15) is 0 Å². The van der Waals surface area contributed by atoms with Crippen LogP contribution >= 0.6 is 0 Å². The van der Waals surface area contributed by atoms with Crippen molar-refractivity contribution in [1.82, 2.24) is 14.1 Å². The zero-order valence-corrected chi connectivity index (χ0v) is 12.6. The molecular formula is C16H14N4O3. The number of aryl methyl sites for hydroxylation is 1. The normalized spacial score (nSPS) is 10.7. The van der Waals surface area contributed by atoms with Gasteiger partial charge in [0.05, 0.1) is 10.9 Å². The van der Waals surface area contributed by atoms with Crippen LogP contribution in [0.4, 0.5) is 5.69 Å². The molecule has 1 N–H and O–H groups in total. The quantitative estimate of drug-likeness (QED) is 0.761. The fourth-order valence-corrected chi connectivity index (χ4v) is 2.31. The molecular weight excluding hydrogens is 296 g/mol. The average Bonchev–Trinajstić information content (AvgIpc) is 2.58. The fourth-order valence-electron chi connectivity index (χ4n) is 2.31. The Kier molecular flexibility index (Phi) is 3.53. The lowest BCUT2D eigenvalue weighted by molar-refractivity contribution is 0.102. The molecule has 0 aliphatic carbocycles. The zero-order valence-electron chi connectivity index (χ0n) is 12.6. The number of anilines is 1. The Bertz CT molecular complexity index is 1020. The van der Waals surface area contributed by atoms with Crippen LogP contribution in [0.3, 0.4) is 0 Å². The van der Waals surface area contributed by atoms with Crippen molar-refractivity contribution < 1.29 is 4.79 Å². The number of rotatable bonds is 2. The van der Waals surface area contributed by atoms with E-state index in [1.807, 2.05) is 6.07 Å². The van der Waals surface area contributed by atoms with E-state index >= 15 is 0 Å². The summed E-state index contributed by atoms with van der Waals surface area (Å²) in [6.45, 7) is 0. The van der Waals surface area contributed by atoms with E-state index in [4.69, 9.17) is 0 Å². The van der Waals surface area contributed by atoms with Gasteiger partial charge in [-0.1, -0.05) is 18.2 Å². The van der Waals surface area contributed by atoms with Gasteiger partial charge in [-0.25, -0.2) is 9.78 Å². The summed E-state index contributed by atoms with van der Waals surface area (Å²) in [5.41, 5.74) is 0.193. The lowest BCUT2D eigenvalue weighted by atomic mass is 10.2. The number of hydrogen-bond donors (Lipinski definition) is 1. The SMILES string of the molecule is Cn1c(=O)c2cc(C(=O)Nc3ccccc3)cnc2n(C)c1=O. The number of nitrogens with zero attached hydrogens (tertiary/aromatic N) is 3. The Balaban J connectivity index is 2.09. The largest absolute Gasteiger partial charge is 0.332 e. The second kappa shape index (κ2) is 5.53. The number of carbonyl (C=O) groups is 1. The van der Waals surface area contributed by atoms with Crippen molar-refractivity contribution >= 4 is 22.6 Å². The third kappa shape index (κ3) is 2.52. The van der Waals surface area contributed by atoms with Crippen LogP contribution in [0.5, 0.6) is 0 Å². The Morgan fingerprint density at radius 2 is 1.78 bits per heavy atom. The number of fused-ring (bicyclic) bond motifs is 1. The summed E-state index contributed by atoms with van der Waals surface area (Å²) in [5.74, 6) is -0.374. The van der Waals surface area contributed by atoms with Crippen molar-refractivity contribution in [1.29, 1.82) is 0 Å². The van der Waals surface area contributed by atoms with Gasteiger partial charge in [0.25, 0.3) is 11.5 Å². The van der Waals surface area contributed by atoms with E-state index in [2.05, 4.69) is 10.3 Å². The van der Waals surface area contributed by atoms with E-state index in [1.54, 1.807) is 24.3 Å². The molecule has 1 amide bonds. The smallest absolute Gasteiger partial charge is 0.322 e. The number of amides is 1. The van der Waals surface area contributed by atoms with Crippen molar-refractivity contribution in [2.75, 3.05) is 5.32 Å². The molecule has 2 aromatic heterocycles. The summed E-state index contributed by atoms with van der Waals surface area (Å²) < 4.78 is 2.26. The highest BCUT2D eigenvalue weighted by Crippen LogP contribution is 2.11. The van der Waals surface area contributed by atoms with Crippen molar-refractivity contribution in [2.45, 2.75) is 0 Å². The third-order valence-electron chi connectivity index (χ3n) is 3.59. The first-order valence-corrected chi connectivity index (χ1v) is 6.91. The average molecular weight is 310 g/mol. The lowest BCUT2D eigenvalue weighted by Crippen LogP contribution is -2.37. The number of pyridine rings is 1. The third-order valence-corrected chi connectivity index (χ3v) is 3.59. The second-order valence-corrected chi connectivity index (χ2v) is 5.12. The number of hydrogen-bond acceptors (Lipinski definition) is 4. The van der Waals surface area contributed by atoms with Crippen molar-refractivity contribution in [3.05, 3.63) is 69.0 Å². The first-order valence-electron chi connectivity index (χ1n) is 6.91. The first-order chi connectivity index (χ1) is 11.0. The van der Waals surface area contributed by atoms with Gasteiger partial charge in [0, 0.05) is 26.0 Å². The van der Waals surface area contributed by atoms with Gasteiger partial charge in [0.15, 0.2) is 0 Å². The molecule has 0 fully saturated rings. The summed E-state index contributed by atoms with van der Waals surface area (Å²) in [6, 6.07) is 10.4. The molecule has 23 heavy (non-hydrogen) atoms. The van der Waals surface area contributed by atoms with Gasteiger partial charge in [-0.05, 0) is 18.2 Å². The van der Waals surface area contributed by atoms with Crippen LogP contribution in [0.25, 0.3) is 11.0 Å². The molecule has 3 aromatic rings. The second-order valence-electron chi connectivity index (χ2n) is 5.12. The number of carbonyl (C=O) groups excluding carboxylic acids is 1. The molecule has 0 aliphatic heterocycles. The molecule has 0 atom stereocenters. The molecule has 0 saturated heterocycles. The molecule has 0 bridgehead atoms. The molecule has 0 aliphatic rings. The number of benzene rings is 1. The van der Waals surface area contributed by atoms with Crippen LogP contribution < -0.4 is 16.6 Å². The number of aromatic nitrogens is 3. The molecule has 7 nitrogen and oxygen atoms in total. The molecule has 116 valence electrons. The van der Waals surface area contributed by atoms with Gasteiger partial charge in [-0.15, -0.1) is 0 Å². The topological polar surface area (TPSA) is 86.0 Å². The molecule has 3 rings (SSSR count). The predicted octanol–water partition coefficient (Wildman–Crippen LogP) is 0.884. The fraction of sp³-hybridized carbons (Fsp3) is 0.125. The zero-order chi connectivity index (χ0) is 16.6. The van der Waals surface area contributed by atoms with Crippen LogP contribution in [0.2, 0.25) is 0 Å². The summed E-state index contributed by atoms with van der Waals surface area (Å²) in [4.78, 5) is 40.5. The van der Waals surface area contributed by atoms with E-state index < -0.39 is 11.2 Å². The Labute approximate surface area is 130 Å². The minimum atomic E-state index is -0.482. The van der Waals surface area contributed by atoms with Gasteiger partial charge in [0.1, 0.15) is 5.65 Å². The molecule has 0 unspecified atom stereocenters. The Morgan fingerprint density at radius 1 is 1.09 bits per heavy atom.